The average molecular weight is 379 g/mol. The van der Waals surface area contributed by atoms with Crippen LogP contribution in [-0.4, -0.2) is 31.8 Å². The Labute approximate surface area is 150 Å². The molecule has 1 aromatic rings. The lowest BCUT2D eigenvalue weighted by molar-refractivity contribution is -0.153. The van der Waals surface area contributed by atoms with Gasteiger partial charge in [-0.25, -0.2) is 0 Å². The summed E-state index contributed by atoms with van der Waals surface area (Å²) in [4.78, 5) is 12.3. The van der Waals surface area contributed by atoms with Crippen LogP contribution in [0.5, 0.6) is 5.75 Å². The fourth-order valence-electron chi connectivity index (χ4n) is 3.42. The van der Waals surface area contributed by atoms with E-state index in [-0.39, 0.29) is 35.4 Å². The van der Waals surface area contributed by atoms with Crippen LogP contribution in [0, 0.1) is 11.3 Å². The van der Waals surface area contributed by atoms with Crippen LogP contribution in [0.4, 0.5) is 13.2 Å². The van der Waals surface area contributed by atoms with Gasteiger partial charge < -0.3 is 15.4 Å². The van der Waals surface area contributed by atoms with E-state index in [0.717, 1.165) is 37.9 Å². The predicted molar refractivity (Wildman–Crippen MR) is 89.7 cm³/mol. The minimum Gasteiger partial charge on any atom is -0.484 e. The number of piperidine rings is 1. The van der Waals surface area contributed by atoms with Gasteiger partial charge in [-0.2, -0.15) is 13.2 Å². The molecule has 1 atom stereocenters. The molecule has 25 heavy (non-hydrogen) atoms. The van der Waals surface area contributed by atoms with Crippen molar-refractivity contribution in [2.45, 2.75) is 32.0 Å². The van der Waals surface area contributed by atoms with E-state index in [9.17, 15) is 18.0 Å². The largest absolute Gasteiger partial charge is 0.484 e. The number of amides is 1. The number of carbonyl (C=O) groups excluding carboxylic acids is 1. The average Bonchev–Trinajstić information content (AvgIpc) is 3.24. The van der Waals surface area contributed by atoms with Crippen LogP contribution >= 0.6 is 12.4 Å². The smallest absolute Gasteiger partial charge is 0.422 e. The van der Waals surface area contributed by atoms with Crippen molar-refractivity contribution in [2.24, 2.45) is 11.3 Å². The second-order valence-electron chi connectivity index (χ2n) is 6.64. The SMILES string of the molecule is Cl.O=C(NCc1cccc(OCC(F)(F)F)c1)C1CC12CCNCC2. The van der Waals surface area contributed by atoms with Gasteiger partial charge in [0.15, 0.2) is 6.61 Å². The third-order valence-corrected chi connectivity index (χ3v) is 4.87. The van der Waals surface area contributed by atoms with Crippen molar-refractivity contribution in [1.29, 1.82) is 0 Å². The van der Waals surface area contributed by atoms with Gasteiger partial charge in [0.05, 0.1) is 0 Å². The summed E-state index contributed by atoms with van der Waals surface area (Å²) < 4.78 is 41.3. The summed E-state index contributed by atoms with van der Waals surface area (Å²) in [6.07, 6.45) is -1.35. The third-order valence-electron chi connectivity index (χ3n) is 4.87. The van der Waals surface area contributed by atoms with Crippen molar-refractivity contribution >= 4 is 18.3 Å². The maximum atomic E-state index is 12.3. The molecule has 1 unspecified atom stereocenters. The van der Waals surface area contributed by atoms with Crippen LogP contribution in [0.25, 0.3) is 0 Å². The second-order valence-corrected chi connectivity index (χ2v) is 6.64. The van der Waals surface area contributed by atoms with Gasteiger partial charge in [0.25, 0.3) is 0 Å². The van der Waals surface area contributed by atoms with Gasteiger partial charge in [-0.3, -0.25) is 4.79 Å². The topological polar surface area (TPSA) is 50.4 Å². The Hall–Kier alpha value is -1.47. The number of carbonyl (C=O) groups is 1. The summed E-state index contributed by atoms with van der Waals surface area (Å²) in [5.41, 5.74) is 0.899. The molecule has 0 bridgehead atoms. The predicted octanol–water partition coefficient (Wildman–Crippen LogP) is 3.06. The van der Waals surface area contributed by atoms with Crippen molar-refractivity contribution in [2.75, 3.05) is 19.7 Å². The van der Waals surface area contributed by atoms with Gasteiger partial charge >= 0.3 is 6.18 Å². The molecule has 8 heteroatoms. The molecular weight excluding hydrogens is 357 g/mol. The molecule has 140 valence electrons. The third kappa shape index (κ3) is 5.25. The molecule has 0 radical (unpaired) electrons. The fourth-order valence-corrected chi connectivity index (χ4v) is 3.42. The molecule has 2 aliphatic rings. The van der Waals surface area contributed by atoms with Crippen LogP contribution in [0.15, 0.2) is 24.3 Å². The van der Waals surface area contributed by atoms with Crippen LogP contribution in [0.1, 0.15) is 24.8 Å². The molecule has 4 nitrogen and oxygen atoms in total. The van der Waals surface area contributed by atoms with Crippen LogP contribution < -0.4 is 15.4 Å². The Bertz CT molecular complexity index is 604. The minimum absolute atomic E-state index is 0. The summed E-state index contributed by atoms with van der Waals surface area (Å²) in [5.74, 6) is 0.267. The van der Waals surface area contributed by atoms with Crippen molar-refractivity contribution in [3.8, 4) is 5.75 Å². The highest BCUT2D eigenvalue weighted by Crippen LogP contribution is 2.58. The molecule has 2 fully saturated rings. The van der Waals surface area contributed by atoms with Gasteiger partial charge in [-0.1, -0.05) is 12.1 Å². The molecular formula is C17H22ClF3N2O2. The molecule has 1 amide bonds. The van der Waals surface area contributed by atoms with E-state index in [1.807, 2.05) is 0 Å². The summed E-state index contributed by atoms with van der Waals surface area (Å²) >= 11 is 0. The van der Waals surface area contributed by atoms with Gasteiger partial charge in [0, 0.05) is 12.5 Å². The number of halogens is 4. The van der Waals surface area contributed by atoms with E-state index < -0.39 is 12.8 Å². The maximum Gasteiger partial charge on any atom is 0.422 e. The first-order valence-electron chi connectivity index (χ1n) is 8.15. The lowest BCUT2D eigenvalue weighted by Crippen LogP contribution is -2.33. The minimum atomic E-state index is -4.36. The van der Waals surface area contributed by atoms with E-state index in [4.69, 9.17) is 4.74 Å². The highest BCUT2D eigenvalue weighted by molar-refractivity contribution is 5.85. The monoisotopic (exact) mass is 378 g/mol. The Kier molecular flexibility index (Phi) is 6.21. The Morgan fingerprint density at radius 2 is 2.04 bits per heavy atom. The molecule has 1 aromatic carbocycles. The molecule has 1 heterocycles. The number of rotatable bonds is 5. The molecule has 2 N–H and O–H groups in total. The zero-order chi connectivity index (χ0) is 17.2. The number of ether oxygens (including phenoxy) is 1. The Balaban J connectivity index is 0.00000225. The number of hydrogen-bond donors (Lipinski definition) is 2. The van der Waals surface area contributed by atoms with E-state index in [2.05, 4.69) is 10.6 Å². The lowest BCUT2D eigenvalue weighted by Gasteiger charge is -2.23. The second kappa shape index (κ2) is 7.83. The highest BCUT2D eigenvalue weighted by Gasteiger charge is 2.57. The zero-order valence-electron chi connectivity index (χ0n) is 13.7. The first kappa shape index (κ1) is 19.8. The molecule has 1 aliphatic carbocycles. The summed E-state index contributed by atoms with van der Waals surface area (Å²) in [5, 5.41) is 6.20. The molecule has 1 saturated carbocycles. The van der Waals surface area contributed by atoms with E-state index >= 15 is 0 Å². The van der Waals surface area contributed by atoms with Crippen molar-refractivity contribution in [3.63, 3.8) is 0 Å². The van der Waals surface area contributed by atoms with Gasteiger partial charge in [-0.05, 0) is 55.5 Å². The number of benzene rings is 1. The fraction of sp³-hybridized carbons (Fsp3) is 0.588. The molecule has 3 rings (SSSR count). The van der Waals surface area contributed by atoms with Gasteiger partial charge in [0.1, 0.15) is 5.75 Å². The lowest BCUT2D eigenvalue weighted by atomic mass is 9.92. The van der Waals surface area contributed by atoms with Crippen LogP contribution in [0.2, 0.25) is 0 Å². The standard InChI is InChI=1S/C17H21F3N2O2.ClH/c18-17(19,20)11-24-13-3-1-2-12(8-13)10-22-15(23)14-9-16(14)4-6-21-7-5-16;/h1-3,8,14,21H,4-7,9-11H2,(H,22,23);1H. The van der Waals surface area contributed by atoms with E-state index in [1.165, 1.54) is 12.1 Å². The van der Waals surface area contributed by atoms with Crippen molar-refractivity contribution < 1.29 is 22.7 Å². The van der Waals surface area contributed by atoms with E-state index in [0.29, 0.717) is 6.54 Å². The first-order chi connectivity index (χ1) is 11.4. The Morgan fingerprint density at radius 3 is 2.72 bits per heavy atom. The Morgan fingerprint density at radius 1 is 1.32 bits per heavy atom. The summed E-state index contributed by atoms with van der Waals surface area (Å²) in [6, 6.07) is 6.38. The molecule has 0 aromatic heterocycles. The number of hydrogen-bond acceptors (Lipinski definition) is 3. The first-order valence-corrected chi connectivity index (χ1v) is 8.15. The van der Waals surface area contributed by atoms with Gasteiger partial charge in [0.2, 0.25) is 5.91 Å². The van der Waals surface area contributed by atoms with Crippen LogP contribution in [-0.2, 0) is 11.3 Å². The maximum absolute atomic E-state index is 12.3. The zero-order valence-corrected chi connectivity index (χ0v) is 14.5. The van der Waals surface area contributed by atoms with E-state index in [1.54, 1.807) is 12.1 Å². The normalized spacial score (nSPS) is 21.3. The van der Waals surface area contributed by atoms with Crippen LogP contribution in [0.3, 0.4) is 0 Å². The summed E-state index contributed by atoms with van der Waals surface area (Å²) in [6.45, 7) is 0.902. The van der Waals surface area contributed by atoms with Crippen molar-refractivity contribution in [3.05, 3.63) is 29.8 Å². The molecule has 1 spiro atoms. The number of nitrogens with one attached hydrogen (secondary N) is 2. The highest BCUT2D eigenvalue weighted by atomic mass is 35.5. The van der Waals surface area contributed by atoms with Gasteiger partial charge in [-0.15, -0.1) is 12.4 Å². The number of alkyl halides is 3. The van der Waals surface area contributed by atoms with Crippen molar-refractivity contribution in [1.82, 2.24) is 10.6 Å². The molecule has 1 saturated heterocycles. The summed E-state index contributed by atoms with van der Waals surface area (Å²) in [7, 11) is 0. The molecule has 1 aliphatic heterocycles. The quantitative estimate of drug-likeness (QED) is 0.828.